The van der Waals surface area contributed by atoms with Crippen LogP contribution in [0.3, 0.4) is 0 Å². The lowest BCUT2D eigenvalue weighted by molar-refractivity contribution is -0.0391. The van der Waals surface area contributed by atoms with Gasteiger partial charge in [-0.15, -0.1) is 0 Å². The van der Waals surface area contributed by atoms with E-state index in [0.717, 1.165) is 36.3 Å². The zero-order valence-electron chi connectivity index (χ0n) is 17.9. The Morgan fingerprint density at radius 1 is 1.26 bits per heavy atom. The van der Waals surface area contributed by atoms with E-state index in [1.165, 1.54) is 0 Å². The van der Waals surface area contributed by atoms with Crippen LogP contribution in [-0.4, -0.2) is 64.5 Å². The van der Waals surface area contributed by atoms with Crippen molar-refractivity contribution in [3.8, 4) is 5.75 Å². The Kier molecular flexibility index (Phi) is 5.15. The largest absolute Gasteiger partial charge is 0.497 e. The predicted molar refractivity (Wildman–Crippen MR) is 118 cm³/mol. The zero-order chi connectivity index (χ0) is 21.6. The molecular formula is C22H28N4O4S. The number of aliphatic hydroxyl groups is 1. The minimum absolute atomic E-state index is 0.0418. The summed E-state index contributed by atoms with van der Waals surface area (Å²) in [6.07, 6.45) is 3.52. The number of methoxy groups -OCH3 is 2. The van der Waals surface area contributed by atoms with Crippen molar-refractivity contribution in [1.82, 2.24) is 9.97 Å². The molecule has 0 bridgehead atoms. The van der Waals surface area contributed by atoms with Crippen LogP contribution in [0, 0.1) is 0 Å². The SMILES string of the molecule is COc1cccc(C2(OC)CN(c3nc4c(c(NC5(CO)CCC5)n3)S(=O)CC4)C2)c1. The number of fused-ring (bicyclic) bond motifs is 1. The number of ether oxygens (including phenoxy) is 2. The first-order valence-electron chi connectivity index (χ1n) is 10.6. The number of nitrogens with zero attached hydrogens (tertiary/aromatic N) is 3. The van der Waals surface area contributed by atoms with E-state index >= 15 is 0 Å². The minimum Gasteiger partial charge on any atom is -0.497 e. The molecule has 166 valence electrons. The van der Waals surface area contributed by atoms with E-state index in [1.54, 1.807) is 14.2 Å². The molecule has 2 N–H and O–H groups in total. The number of aryl methyl sites for hydroxylation is 1. The molecule has 0 radical (unpaired) electrons. The third-order valence-electron chi connectivity index (χ3n) is 6.83. The molecule has 1 aromatic carbocycles. The monoisotopic (exact) mass is 444 g/mol. The summed E-state index contributed by atoms with van der Waals surface area (Å²) in [6, 6.07) is 7.93. The summed E-state index contributed by atoms with van der Waals surface area (Å²) in [4.78, 5) is 12.3. The molecular weight excluding hydrogens is 416 g/mol. The van der Waals surface area contributed by atoms with E-state index in [4.69, 9.17) is 19.4 Å². The van der Waals surface area contributed by atoms with E-state index in [2.05, 4.69) is 10.2 Å². The highest BCUT2D eigenvalue weighted by molar-refractivity contribution is 7.85. The van der Waals surface area contributed by atoms with Gasteiger partial charge in [0.2, 0.25) is 5.95 Å². The van der Waals surface area contributed by atoms with Gasteiger partial charge in [0.1, 0.15) is 22.1 Å². The Morgan fingerprint density at radius 3 is 2.71 bits per heavy atom. The predicted octanol–water partition coefficient (Wildman–Crippen LogP) is 1.84. The van der Waals surface area contributed by atoms with Gasteiger partial charge < -0.3 is 24.8 Å². The van der Waals surface area contributed by atoms with Crippen molar-refractivity contribution in [3.63, 3.8) is 0 Å². The summed E-state index contributed by atoms with van der Waals surface area (Å²) in [7, 11) is 2.27. The first-order valence-corrected chi connectivity index (χ1v) is 12.0. The molecule has 1 saturated heterocycles. The lowest BCUT2D eigenvalue weighted by Gasteiger charge is -2.49. The second kappa shape index (κ2) is 7.72. The Balaban J connectivity index is 1.44. The van der Waals surface area contributed by atoms with Crippen LogP contribution in [0.5, 0.6) is 5.75 Å². The summed E-state index contributed by atoms with van der Waals surface area (Å²) < 4.78 is 23.9. The number of aliphatic hydroxyl groups excluding tert-OH is 1. The smallest absolute Gasteiger partial charge is 0.227 e. The molecule has 8 nitrogen and oxygen atoms in total. The molecule has 1 atom stereocenters. The normalized spacial score (nSPS) is 22.9. The fraction of sp³-hybridized carbons (Fsp3) is 0.545. The highest BCUT2D eigenvalue weighted by Crippen LogP contribution is 2.41. The summed E-state index contributed by atoms with van der Waals surface area (Å²) in [5.41, 5.74) is 1.08. The van der Waals surface area contributed by atoms with Crippen LogP contribution in [0.15, 0.2) is 29.2 Å². The molecule has 2 aromatic rings. The molecule has 0 spiro atoms. The van der Waals surface area contributed by atoms with Gasteiger partial charge >= 0.3 is 0 Å². The molecule has 1 aliphatic carbocycles. The minimum atomic E-state index is -1.11. The van der Waals surface area contributed by atoms with Crippen LogP contribution in [0.1, 0.15) is 30.5 Å². The van der Waals surface area contributed by atoms with E-state index in [1.807, 2.05) is 24.3 Å². The van der Waals surface area contributed by atoms with Crippen LogP contribution in [0.2, 0.25) is 0 Å². The van der Waals surface area contributed by atoms with Crippen molar-refractivity contribution in [2.24, 2.45) is 0 Å². The van der Waals surface area contributed by atoms with Gasteiger partial charge in [0.15, 0.2) is 0 Å². The Hall–Kier alpha value is -2.23. The lowest BCUT2D eigenvalue weighted by atomic mass is 9.77. The first-order chi connectivity index (χ1) is 15.0. The van der Waals surface area contributed by atoms with Crippen molar-refractivity contribution in [1.29, 1.82) is 0 Å². The average molecular weight is 445 g/mol. The Labute approximate surface area is 184 Å². The molecule has 2 aliphatic heterocycles. The molecule has 1 aromatic heterocycles. The summed E-state index contributed by atoms with van der Waals surface area (Å²) in [5, 5.41) is 13.3. The highest BCUT2D eigenvalue weighted by Gasteiger charge is 2.47. The van der Waals surface area contributed by atoms with Crippen molar-refractivity contribution >= 4 is 22.6 Å². The quantitative estimate of drug-likeness (QED) is 0.668. The number of anilines is 2. The van der Waals surface area contributed by atoms with Gasteiger partial charge in [-0.1, -0.05) is 12.1 Å². The molecule has 3 aliphatic rings. The molecule has 31 heavy (non-hydrogen) atoms. The first kappa shape index (κ1) is 20.7. The van der Waals surface area contributed by atoms with E-state index < -0.39 is 16.4 Å². The number of hydrogen-bond donors (Lipinski definition) is 2. The Morgan fingerprint density at radius 2 is 2.06 bits per heavy atom. The van der Waals surface area contributed by atoms with E-state index in [0.29, 0.717) is 41.9 Å². The molecule has 1 saturated carbocycles. The topological polar surface area (TPSA) is 96.8 Å². The summed E-state index contributed by atoms with van der Waals surface area (Å²) in [5.74, 6) is 2.59. The van der Waals surface area contributed by atoms with Gasteiger partial charge in [0, 0.05) is 19.3 Å². The third kappa shape index (κ3) is 3.39. The molecule has 5 rings (SSSR count). The van der Waals surface area contributed by atoms with Gasteiger partial charge in [0.05, 0.1) is 48.8 Å². The number of hydrogen-bond acceptors (Lipinski definition) is 8. The summed E-state index contributed by atoms with van der Waals surface area (Å²) >= 11 is 0. The van der Waals surface area contributed by atoms with Gasteiger partial charge in [-0.2, -0.15) is 4.98 Å². The zero-order valence-corrected chi connectivity index (χ0v) is 18.7. The maximum Gasteiger partial charge on any atom is 0.227 e. The standard InChI is InChI=1S/C22H28N4O4S/c1-29-16-6-3-5-15(11-16)22(30-2)12-26(13-22)20-23-17-7-10-31(28)18(17)19(24-20)25-21(14-27)8-4-9-21/h3,5-6,11,27H,4,7-10,12-14H2,1-2H3,(H,23,24,25). The van der Waals surface area contributed by atoms with Crippen LogP contribution < -0.4 is 15.0 Å². The van der Waals surface area contributed by atoms with Crippen molar-refractivity contribution < 1.29 is 18.8 Å². The van der Waals surface area contributed by atoms with Crippen molar-refractivity contribution in [3.05, 3.63) is 35.5 Å². The number of nitrogens with one attached hydrogen (secondary N) is 1. The van der Waals surface area contributed by atoms with E-state index in [9.17, 15) is 9.32 Å². The number of aromatic nitrogens is 2. The second-order valence-electron chi connectivity index (χ2n) is 8.65. The maximum absolute atomic E-state index is 12.6. The van der Waals surface area contributed by atoms with E-state index in [-0.39, 0.29) is 12.1 Å². The third-order valence-corrected chi connectivity index (χ3v) is 8.29. The fourth-order valence-corrected chi connectivity index (χ4v) is 5.94. The van der Waals surface area contributed by atoms with Gasteiger partial charge in [-0.25, -0.2) is 4.98 Å². The second-order valence-corrected chi connectivity index (χ2v) is 10.2. The Bertz CT molecular complexity index is 1020. The summed E-state index contributed by atoms with van der Waals surface area (Å²) in [6.45, 7) is 1.27. The molecule has 2 fully saturated rings. The van der Waals surface area contributed by atoms with Crippen LogP contribution in [-0.2, 0) is 27.6 Å². The van der Waals surface area contributed by atoms with Gasteiger partial charge in [0.25, 0.3) is 0 Å². The van der Waals surface area contributed by atoms with Crippen LogP contribution >= 0.6 is 0 Å². The van der Waals surface area contributed by atoms with Crippen LogP contribution in [0.25, 0.3) is 0 Å². The highest BCUT2D eigenvalue weighted by atomic mass is 32.2. The average Bonchev–Trinajstić information content (AvgIpc) is 3.11. The van der Waals surface area contributed by atoms with Crippen LogP contribution in [0.4, 0.5) is 11.8 Å². The molecule has 1 unspecified atom stereocenters. The molecule has 3 heterocycles. The number of rotatable bonds is 7. The maximum atomic E-state index is 12.6. The molecule has 0 amide bonds. The van der Waals surface area contributed by atoms with Gasteiger partial charge in [-0.3, -0.25) is 4.21 Å². The van der Waals surface area contributed by atoms with Gasteiger partial charge in [-0.05, 0) is 37.0 Å². The number of benzene rings is 1. The lowest BCUT2D eigenvalue weighted by Crippen LogP contribution is -2.61. The van der Waals surface area contributed by atoms with Crippen molar-refractivity contribution in [2.75, 3.05) is 49.9 Å². The van der Waals surface area contributed by atoms with Crippen molar-refractivity contribution in [2.45, 2.75) is 41.7 Å². The fourth-order valence-electron chi connectivity index (χ4n) is 4.64. The molecule has 9 heteroatoms.